The average Bonchev–Trinajstić information content (AvgIpc) is 1.82. The Morgan fingerprint density at radius 3 is 1.29 bits per heavy atom. The monoisotopic (exact) mass is 223 g/mol. The third kappa shape index (κ3) is 8.31. The summed E-state index contributed by atoms with van der Waals surface area (Å²) in [4.78, 5) is 0. The molecule has 0 spiro atoms. The molecule has 0 aliphatic rings. The SMILES string of the molecule is CCC[Si](C)(C)[N-][Si](C)(C)CCC.[Li+]. The van der Waals surface area contributed by atoms with E-state index >= 15 is 0 Å². The van der Waals surface area contributed by atoms with Crippen molar-refractivity contribution in [3.8, 4) is 0 Å². The van der Waals surface area contributed by atoms with E-state index in [-0.39, 0.29) is 18.9 Å². The van der Waals surface area contributed by atoms with Crippen molar-refractivity contribution in [1.82, 2.24) is 0 Å². The molecule has 0 amide bonds. The van der Waals surface area contributed by atoms with Gasteiger partial charge < -0.3 is 4.65 Å². The Balaban J connectivity index is 0. The molecule has 0 heterocycles. The first kappa shape index (κ1) is 17.4. The van der Waals surface area contributed by atoms with Crippen LogP contribution in [0.4, 0.5) is 0 Å². The molecule has 0 atom stereocenters. The van der Waals surface area contributed by atoms with Crippen molar-refractivity contribution >= 4 is 16.5 Å². The number of rotatable bonds is 6. The van der Waals surface area contributed by atoms with Crippen molar-refractivity contribution in [1.29, 1.82) is 0 Å². The van der Waals surface area contributed by atoms with Crippen molar-refractivity contribution < 1.29 is 18.9 Å². The van der Waals surface area contributed by atoms with Crippen molar-refractivity contribution in [2.75, 3.05) is 0 Å². The van der Waals surface area contributed by atoms with Crippen molar-refractivity contribution in [3.63, 3.8) is 0 Å². The molecule has 0 aromatic carbocycles. The molecule has 0 radical (unpaired) electrons. The topological polar surface area (TPSA) is 14.1 Å². The summed E-state index contributed by atoms with van der Waals surface area (Å²) in [5.41, 5.74) is 0. The van der Waals surface area contributed by atoms with E-state index in [1.807, 2.05) is 0 Å². The van der Waals surface area contributed by atoms with Gasteiger partial charge in [-0.05, 0) is 0 Å². The molecule has 0 aliphatic heterocycles. The van der Waals surface area contributed by atoms with Gasteiger partial charge >= 0.3 is 18.9 Å². The summed E-state index contributed by atoms with van der Waals surface area (Å²) >= 11 is 0. The summed E-state index contributed by atoms with van der Waals surface area (Å²) in [5.74, 6) is 0. The minimum atomic E-state index is -1.19. The maximum atomic E-state index is 5.20. The summed E-state index contributed by atoms with van der Waals surface area (Å²) in [6, 6.07) is 2.74. The first-order chi connectivity index (χ1) is 5.83. The molecule has 1 nitrogen and oxygen atoms in total. The second kappa shape index (κ2) is 7.30. The molecule has 0 bridgehead atoms. The maximum Gasteiger partial charge on any atom is 1.00 e. The normalized spacial score (nSPS) is 12.4. The van der Waals surface area contributed by atoms with Gasteiger partial charge in [-0.2, -0.15) is 0 Å². The third-order valence-corrected chi connectivity index (χ3v) is 10.6. The van der Waals surface area contributed by atoms with Crippen LogP contribution in [0.1, 0.15) is 26.7 Å². The number of nitrogens with zero attached hydrogens (tertiary/aromatic N) is 1. The Kier molecular flexibility index (Phi) is 9.06. The van der Waals surface area contributed by atoms with Gasteiger partial charge in [-0.1, -0.05) is 81.4 Å². The Bertz CT molecular complexity index is 133. The fourth-order valence-corrected chi connectivity index (χ4v) is 12.1. The zero-order valence-corrected chi connectivity index (χ0v) is 13.3. The average molecular weight is 223 g/mol. The van der Waals surface area contributed by atoms with E-state index < -0.39 is 16.5 Å². The predicted octanol–water partition coefficient (Wildman–Crippen LogP) is 1.59. The molecule has 0 aliphatic carbocycles. The summed E-state index contributed by atoms with van der Waals surface area (Å²) in [6.07, 6.45) is 2.61. The summed E-state index contributed by atoms with van der Waals surface area (Å²) in [5, 5.41) is 0. The van der Waals surface area contributed by atoms with E-state index in [1.54, 1.807) is 0 Å². The van der Waals surface area contributed by atoms with Crippen LogP contribution in [0.25, 0.3) is 4.65 Å². The van der Waals surface area contributed by atoms with Crippen LogP contribution in [0.2, 0.25) is 38.3 Å². The predicted molar refractivity (Wildman–Crippen MR) is 68.5 cm³/mol. The summed E-state index contributed by atoms with van der Waals surface area (Å²) in [6.45, 7) is 14.2. The second-order valence-corrected chi connectivity index (χ2v) is 14.4. The van der Waals surface area contributed by atoms with Gasteiger partial charge in [0.15, 0.2) is 0 Å². The van der Waals surface area contributed by atoms with Gasteiger partial charge in [0.1, 0.15) is 0 Å². The number of hydrogen-bond acceptors (Lipinski definition) is 0. The minimum Gasteiger partial charge on any atom is -0.667 e. The molecular weight excluding hydrogens is 197 g/mol. The Morgan fingerprint density at radius 2 is 1.07 bits per heavy atom. The molecule has 0 saturated heterocycles. The van der Waals surface area contributed by atoms with E-state index in [0.717, 1.165) is 0 Å². The van der Waals surface area contributed by atoms with Crippen LogP contribution < -0.4 is 18.9 Å². The van der Waals surface area contributed by atoms with Gasteiger partial charge in [0, 0.05) is 0 Å². The van der Waals surface area contributed by atoms with Gasteiger partial charge in [0.25, 0.3) is 0 Å². The Morgan fingerprint density at radius 1 is 0.786 bits per heavy atom. The third-order valence-electron chi connectivity index (χ3n) is 2.33. The molecule has 14 heavy (non-hydrogen) atoms. The van der Waals surface area contributed by atoms with Crippen LogP contribution in [-0.4, -0.2) is 16.5 Å². The molecule has 0 rings (SSSR count). The zero-order chi connectivity index (χ0) is 10.5. The smallest absolute Gasteiger partial charge is 0.667 e. The Hall–Kier alpha value is 0.991. The van der Waals surface area contributed by atoms with Crippen LogP contribution in [0, 0.1) is 0 Å². The first-order valence-electron chi connectivity index (χ1n) is 5.57. The summed E-state index contributed by atoms with van der Waals surface area (Å²) in [7, 11) is -2.38. The first-order valence-corrected chi connectivity index (χ1v) is 11.9. The molecule has 4 heteroatoms. The largest absolute Gasteiger partial charge is 1.00 e. The molecule has 0 aromatic rings. The molecule has 0 fully saturated rings. The van der Waals surface area contributed by atoms with Crippen LogP contribution in [0.3, 0.4) is 0 Å². The fraction of sp³-hybridized carbons (Fsp3) is 1.00. The van der Waals surface area contributed by atoms with Gasteiger partial charge in [-0.15, -0.1) is 0 Å². The second-order valence-electron chi connectivity index (χ2n) is 5.24. The van der Waals surface area contributed by atoms with E-state index in [0.29, 0.717) is 0 Å². The fourth-order valence-electron chi connectivity index (χ4n) is 2.15. The molecule has 80 valence electrons. The molecule has 0 N–H and O–H groups in total. The van der Waals surface area contributed by atoms with E-state index in [4.69, 9.17) is 4.65 Å². The van der Waals surface area contributed by atoms with E-state index in [2.05, 4.69) is 40.0 Å². The van der Waals surface area contributed by atoms with Crippen molar-refractivity contribution in [2.45, 2.75) is 65.0 Å². The van der Waals surface area contributed by atoms with Gasteiger partial charge in [-0.3, -0.25) is 0 Å². The van der Waals surface area contributed by atoms with Gasteiger partial charge in [0.2, 0.25) is 0 Å². The quantitative estimate of drug-likeness (QED) is 0.607. The van der Waals surface area contributed by atoms with E-state index in [1.165, 1.54) is 24.9 Å². The molecule has 0 saturated carbocycles. The summed E-state index contributed by atoms with van der Waals surface area (Å²) < 4.78 is 5.20. The van der Waals surface area contributed by atoms with Crippen LogP contribution in [0.5, 0.6) is 0 Å². The molecule has 0 aromatic heterocycles. The standard InChI is InChI=1S/C10H26NSi2.Li/c1-7-9-12(3,4)11-13(5,6)10-8-2;/h7-10H2,1-6H3;/q-1;+1. The molecule has 0 unspecified atom stereocenters. The van der Waals surface area contributed by atoms with Gasteiger partial charge in [0.05, 0.1) is 0 Å². The Labute approximate surface area is 105 Å². The molecular formula is C10H26LiNSi2. The van der Waals surface area contributed by atoms with Gasteiger partial charge in [-0.25, -0.2) is 0 Å². The zero-order valence-electron chi connectivity index (χ0n) is 11.3. The van der Waals surface area contributed by atoms with Crippen LogP contribution >= 0.6 is 0 Å². The van der Waals surface area contributed by atoms with Crippen LogP contribution in [-0.2, 0) is 0 Å². The minimum absolute atomic E-state index is 0. The maximum absolute atomic E-state index is 5.20. The van der Waals surface area contributed by atoms with Crippen molar-refractivity contribution in [3.05, 3.63) is 4.65 Å². The van der Waals surface area contributed by atoms with Crippen LogP contribution in [0.15, 0.2) is 0 Å². The number of hydrogen-bond donors (Lipinski definition) is 0. The van der Waals surface area contributed by atoms with Crippen molar-refractivity contribution in [2.24, 2.45) is 0 Å². The van der Waals surface area contributed by atoms with E-state index in [9.17, 15) is 0 Å².